The lowest BCUT2D eigenvalue weighted by atomic mass is 9.70. The molecule has 370 valence electrons. The molecule has 1 atom stereocenters. The smallest absolute Gasteiger partial charge is 0.416 e. The van der Waals surface area contributed by atoms with Crippen LogP contribution in [0.4, 0.5) is 17.6 Å². The van der Waals surface area contributed by atoms with Crippen LogP contribution in [-0.4, -0.2) is 18.7 Å². The lowest BCUT2D eigenvalue weighted by Crippen LogP contribution is -2.36. The lowest BCUT2D eigenvalue weighted by molar-refractivity contribution is -0.137. The summed E-state index contributed by atoms with van der Waals surface area (Å²) in [5, 5.41) is 0.943. The van der Waals surface area contributed by atoms with E-state index in [0.717, 1.165) is 84.2 Å². The van der Waals surface area contributed by atoms with Crippen LogP contribution in [0.1, 0.15) is 167 Å². The number of halogens is 4. The largest absolute Gasteiger partial charge is 0.494 e. The molecule has 1 heterocycles. The summed E-state index contributed by atoms with van der Waals surface area (Å²) >= 11 is 0. The molecule has 0 aromatic heterocycles. The van der Waals surface area contributed by atoms with Gasteiger partial charge in [0.15, 0.2) is 5.60 Å². The molecule has 2 fully saturated rings. The summed E-state index contributed by atoms with van der Waals surface area (Å²) < 4.78 is 79.2. The number of hydrogen-bond acceptors (Lipinski definition) is 4. The van der Waals surface area contributed by atoms with Gasteiger partial charge in [0.25, 0.3) is 0 Å². The first-order valence-corrected chi connectivity index (χ1v) is 26.3. The highest BCUT2D eigenvalue weighted by Crippen LogP contribution is 2.61. The Balaban J connectivity index is 1.05. The molecule has 6 aromatic rings. The van der Waals surface area contributed by atoms with Crippen molar-refractivity contribution in [3.8, 4) is 22.6 Å². The summed E-state index contributed by atoms with van der Waals surface area (Å²) in [5.74, 6) is 2.52. The predicted molar refractivity (Wildman–Crippen MR) is 275 cm³/mol. The van der Waals surface area contributed by atoms with Gasteiger partial charge in [-0.15, -0.1) is 0 Å². The third-order valence-electron chi connectivity index (χ3n) is 16.5. The summed E-state index contributed by atoms with van der Waals surface area (Å²) in [6.45, 7) is 9.22. The van der Waals surface area contributed by atoms with E-state index in [-0.39, 0.29) is 17.8 Å². The third-order valence-corrected chi connectivity index (χ3v) is 16.5. The molecule has 0 radical (unpaired) electrons. The molecular weight excluding hydrogens is 897 g/mol. The molecule has 0 spiro atoms. The fourth-order valence-electron chi connectivity index (χ4n) is 12.6. The van der Waals surface area contributed by atoms with E-state index in [2.05, 4.69) is 33.8 Å². The van der Waals surface area contributed by atoms with Crippen molar-refractivity contribution in [1.82, 2.24) is 0 Å². The van der Waals surface area contributed by atoms with Gasteiger partial charge in [-0.25, -0.2) is 9.18 Å². The van der Waals surface area contributed by atoms with Crippen molar-refractivity contribution >= 4 is 22.3 Å². The molecule has 71 heavy (non-hydrogen) atoms. The lowest BCUT2D eigenvalue weighted by Gasteiger charge is -2.41. The summed E-state index contributed by atoms with van der Waals surface area (Å²) in [4.78, 5) is 14.0. The van der Waals surface area contributed by atoms with Crippen LogP contribution in [-0.2, 0) is 21.9 Å². The molecule has 1 aliphatic heterocycles. The molecule has 0 saturated heterocycles. The standard InChI is InChI=1S/C63H66F4O4/c1-5-7-9-12-40-15-17-41(18-16-40)42-23-32-50(33-24-42)70-60(68)44-21-19-43(20-22-44)54-39-62(45-25-30-48(64)31-26-45,46-27-34-49(35-28-46)69-37-8-6-2)71-59-53-38-47(63(65,66)67)29-36-51(53)56-52-13-10-11-14-55(52)61(3,4)58(56)57(54)59/h10-11,13-14,19-22,25-31,34-36,38-42,50H,5-9,12,15-18,23-24,32-33,37H2,1-4H3/t40-,41-,42?,50?,62?. The first-order chi connectivity index (χ1) is 34.3. The summed E-state index contributed by atoms with van der Waals surface area (Å²) in [6, 6.07) is 33.1. The van der Waals surface area contributed by atoms with E-state index in [1.807, 2.05) is 60.7 Å². The Morgan fingerprint density at radius 3 is 2.01 bits per heavy atom. The van der Waals surface area contributed by atoms with Gasteiger partial charge >= 0.3 is 12.1 Å². The Morgan fingerprint density at radius 2 is 1.35 bits per heavy atom. The van der Waals surface area contributed by atoms with Crippen molar-refractivity contribution in [2.75, 3.05) is 6.61 Å². The van der Waals surface area contributed by atoms with Gasteiger partial charge in [-0.05, 0) is 156 Å². The van der Waals surface area contributed by atoms with Crippen molar-refractivity contribution in [2.45, 2.75) is 141 Å². The fraction of sp³-hybridized carbons (Fsp3) is 0.413. The first-order valence-electron chi connectivity index (χ1n) is 26.3. The average Bonchev–Trinajstić information content (AvgIpc) is 3.62. The second-order valence-electron chi connectivity index (χ2n) is 21.3. The molecule has 3 aliphatic carbocycles. The van der Waals surface area contributed by atoms with Gasteiger partial charge in [-0.3, -0.25) is 0 Å². The summed E-state index contributed by atoms with van der Waals surface area (Å²) in [6.07, 6.45) is 13.8. The molecule has 4 aliphatic rings. The number of carbonyl (C=O) groups is 1. The van der Waals surface area contributed by atoms with E-state index in [9.17, 15) is 22.4 Å². The number of unbranched alkanes of at least 4 members (excludes halogenated alkanes) is 3. The number of fused-ring (bicyclic) bond motifs is 8. The minimum Gasteiger partial charge on any atom is -0.494 e. The number of rotatable bonds is 14. The van der Waals surface area contributed by atoms with Crippen molar-refractivity contribution in [1.29, 1.82) is 0 Å². The Bertz CT molecular complexity index is 2900. The van der Waals surface area contributed by atoms with Crippen molar-refractivity contribution in [2.24, 2.45) is 17.8 Å². The molecule has 0 N–H and O–H groups in total. The highest BCUT2D eigenvalue weighted by Gasteiger charge is 2.47. The van der Waals surface area contributed by atoms with Crippen molar-refractivity contribution in [3.05, 3.63) is 172 Å². The monoisotopic (exact) mass is 962 g/mol. The average molecular weight is 963 g/mol. The zero-order chi connectivity index (χ0) is 49.5. The van der Waals surface area contributed by atoms with E-state index < -0.39 is 28.6 Å². The highest BCUT2D eigenvalue weighted by atomic mass is 19.4. The maximum absolute atomic E-state index is 14.9. The molecular formula is C63H66F4O4. The van der Waals surface area contributed by atoms with Gasteiger partial charge in [-0.1, -0.05) is 139 Å². The quantitative estimate of drug-likeness (QED) is 0.0620. The molecule has 0 amide bonds. The Kier molecular flexibility index (Phi) is 13.7. The Hall–Kier alpha value is -5.89. The maximum atomic E-state index is 14.9. The van der Waals surface area contributed by atoms with Crippen LogP contribution in [0.2, 0.25) is 0 Å². The van der Waals surface area contributed by atoms with E-state index in [1.54, 1.807) is 30.3 Å². The van der Waals surface area contributed by atoms with E-state index in [0.29, 0.717) is 56.9 Å². The van der Waals surface area contributed by atoms with Crippen LogP contribution >= 0.6 is 0 Å². The van der Waals surface area contributed by atoms with E-state index in [1.165, 1.54) is 69.6 Å². The number of carbonyl (C=O) groups excluding carboxylic acids is 1. The molecule has 10 rings (SSSR count). The van der Waals surface area contributed by atoms with E-state index >= 15 is 0 Å². The number of alkyl halides is 3. The molecule has 4 nitrogen and oxygen atoms in total. The van der Waals surface area contributed by atoms with Crippen LogP contribution in [0.3, 0.4) is 0 Å². The molecule has 1 unspecified atom stereocenters. The zero-order valence-electron chi connectivity index (χ0n) is 41.6. The van der Waals surface area contributed by atoms with Crippen LogP contribution in [0.5, 0.6) is 11.5 Å². The van der Waals surface area contributed by atoms with Gasteiger partial charge in [0.2, 0.25) is 0 Å². The van der Waals surface area contributed by atoms with Crippen LogP contribution in [0.25, 0.3) is 27.5 Å². The SMILES string of the molecule is CCCCC[C@H]1CC[C@H](C2CCC(OC(=O)c3ccc(C4=CC(c5ccc(F)cc5)(c5ccc(OCCCC)cc5)Oc5c4c4c(c6ccc(C(F)(F)F)cc56)-c5ccccc5C4(C)C)cc3)CC2)CC1. The number of esters is 1. The van der Waals surface area contributed by atoms with Crippen LogP contribution < -0.4 is 9.47 Å². The molecule has 6 aromatic carbocycles. The Morgan fingerprint density at radius 1 is 0.704 bits per heavy atom. The minimum absolute atomic E-state index is 0.130. The second kappa shape index (κ2) is 20.0. The molecule has 8 heteroatoms. The van der Waals surface area contributed by atoms with Crippen molar-refractivity contribution in [3.63, 3.8) is 0 Å². The summed E-state index contributed by atoms with van der Waals surface area (Å²) in [5.41, 5.74) is 4.71. The van der Waals surface area contributed by atoms with Crippen LogP contribution in [0, 0.1) is 23.6 Å². The van der Waals surface area contributed by atoms with E-state index in [4.69, 9.17) is 14.2 Å². The van der Waals surface area contributed by atoms with Gasteiger partial charge in [0, 0.05) is 27.5 Å². The molecule has 0 bridgehead atoms. The van der Waals surface area contributed by atoms with Gasteiger partial charge in [0.05, 0.1) is 17.7 Å². The van der Waals surface area contributed by atoms with Gasteiger partial charge < -0.3 is 14.2 Å². The first kappa shape index (κ1) is 48.7. The number of hydrogen-bond donors (Lipinski definition) is 0. The van der Waals surface area contributed by atoms with Gasteiger partial charge in [0.1, 0.15) is 23.4 Å². The minimum atomic E-state index is -4.64. The topological polar surface area (TPSA) is 44.8 Å². The summed E-state index contributed by atoms with van der Waals surface area (Å²) in [7, 11) is 0. The van der Waals surface area contributed by atoms with Crippen LogP contribution in [0.15, 0.2) is 121 Å². The normalized spacial score (nSPS) is 22.5. The maximum Gasteiger partial charge on any atom is 0.416 e. The fourth-order valence-corrected chi connectivity index (χ4v) is 12.6. The number of benzene rings is 6. The number of ether oxygens (including phenoxy) is 3. The second-order valence-corrected chi connectivity index (χ2v) is 21.3. The third kappa shape index (κ3) is 9.41. The van der Waals surface area contributed by atoms with Gasteiger partial charge in [-0.2, -0.15) is 13.2 Å². The molecule has 2 saturated carbocycles. The zero-order valence-corrected chi connectivity index (χ0v) is 41.6. The predicted octanol–water partition coefficient (Wildman–Crippen LogP) is 17.4. The highest BCUT2D eigenvalue weighted by molar-refractivity contribution is 6.11. The Labute approximate surface area is 416 Å². The van der Waals surface area contributed by atoms with Crippen molar-refractivity contribution < 1.29 is 36.6 Å².